The third-order valence-electron chi connectivity index (χ3n) is 29.1. The zero-order valence-electron chi connectivity index (χ0n) is 66.4. The molecule has 0 aromatic carbocycles. The molecule has 0 spiro atoms. The van der Waals surface area contributed by atoms with Crippen LogP contribution in [0, 0.1) is 50.2 Å². The normalized spacial score (nSPS) is 54.5. The predicted molar refractivity (Wildman–Crippen MR) is 381 cm³/mol. The second-order valence-corrected chi connectivity index (χ2v) is 36.7. The van der Waals surface area contributed by atoms with Crippen LogP contribution in [0.2, 0.25) is 0 Å². The lowest BCUT2D eigenvalue weighted by Crippen LogP contribution is -2.68. The van der Waals surface area contributed by atoms with Crippen molar-refractivity contribution >= 4 is 5.97 Å². The number of esters is 1. The first-order chi connectivity index (χ1) is 55.0. The van der Waals surface area contributed by atoms with Crippen LogP contribution >= 0.6 is 0 Å². The zero-order valence-corrected chi connectivity index (χ0v) is 66.4. The summed E-state index contributed by atoms with van der Waals surface area (Å²) in [5.74, 6) is -1.76. The van der Waals surface area contributed by atoms with Gasteiger partial charge in [-0.1, -0.05) is 60.1 Å². The van der Waals surface area contributed by atoms with Crippen LogP contribution in [0.4, 0.5) is 0 Å². The number of rotatable bonds is 21. The molecular formula is C76H124O41. The Hall–Kier alpha value is -2.35. The van der Waals surface area contributed by atoms with Gasteiger partial charge in [0.05, 0.1) is 64.6 Å². The second-order valence-electron chi connectivity index (χ2n) is 36.7. The number of hydrogen-bond donors (Lipinski definition) is 24. The van der Waals surface area contributed by atoms with Gasteiger partial charge in [0.25, 0.3) is 0 Å². The monoisotopic (exact) mass is 1690 g/mol. The van der Waals surface area contributed by atoms with E-state index in [0.717, 1.165) is 5.57 Å². The van der Waals surface area contributed by atoms with Crippen molar-refractivity contribution in [1.29, 1.82) is 0 Å². The van der Waals surface area contributed by atoms with E-state index in [0.29, 0.717) is 44.9 Å². The number of ether oxygens (including phenoxy) is 16. The summed E-state index contributed by atoms with van der Waals surface area (Å²) >= 11 is 0. The van der Waals surface area contributed by atoms with Crippen LogP contribution in [-0.4, -0.2) is 420 Å². The van der Waals surface area contributed by atoms with Crippen molar-refractivity contribution in [1.82, 2.24) is 0 Å². The number of carbonyl (C=O) groups excluding carboxylic acids is 1. The van der Waals surface area contributed by atoms with Crippen molar-refractivity contribution in [2.75, 3.05) is 46.2 Å². The van der Waals surface area contributed by atoms with E-state index >= 15 is 4.79 Å². The van der Waals surface area contributed by atoms with Gasteiger partial charge < -0.3 is 198 Å². The number of aliphatic hydroxyl groups excluding tert-OH is 24. The van der Waals surface area contributed by atoms with Crippen LogP contribution in [0.25, 0.3) is 0 Å². The highest BCUT2D eigenvalue weighted by atomic mass is 16.8. The van der Waals surface area contributed by atoms with Gasteiger partial charge in [-0.15, -0.1) is 0 Å². The van der Waals surface area contributed by atoms with Gasteiger partial charge in [0.2, 0.25) is 6.29 Å². The molecule has 4 saturated carbocycles. The largest absolute Gasteiger partial charge is 0.432 e. The first kappa shape index (κ1) is 92.3. The molecule has 24 N–H and O–H groups in total. The zero-order chi connectivity index (χ0) is 85.3. The van der Waals surface area contributed by atoms with Crippen molar-refractivity contribution in [2.24, 2.45) is 50.2 Å². The van der Waals surface area contributed by atoms with Crippen LogP contribution in [0.1, 0.15) is 113 Å². The van der Waals surface area contributed by atoms with Crippen molar-refractivity contribution in [2.45, 2.75) is 359 Å². The highest BCUT2D eigenvalue weighted by Crippen LogP contribution is 2.76. The molecule has 12 fully saturated rings. The fourth-order valence-electron chi connectivity index (χ4n) is 21.8. The molecule has 8 heterocycles. The Labute approximate surface area is 673 Å². The van der Waals surface area contributed by atoms with Gasteiger partial charge in [0.15, 0.2) is 44.0 Å². The fraction of sp³-hybridized carbons (Fsp3) is 0.961. The summed E-state index contributed by atoms with van der Waals surface area (Å²) in [4.78, 5) is 15.5. The predicted octanol–water partition coefficient (Wildman–Crippen LogP) is -9.46. The summed E-state index contributed by atoms with van der Waals surface area (Å²) in [5.41, 5.74) is -3.62. The van der Waals surface area contributed by atoms with E-state index in [1.54, 1.807) is 0 Å². The van der Waals surface area contributed by atoms with Crippen molar-refractivity contribution < 1.29 is 203 Å². The minimum Gasteiger partial charge on any atom is -0.432 e. The molecule has 5 aliphatic carbocycles. The minimum atomic E-state index is -2.19. The van der Waals surface area contributed by atoms with Gasteiger partial charge >= 0.3 is 5.97 Å². The molecule has 0 aromatic heterocycles. The fourth-order valence-corrected chi connectivity index (χ4v) is 21.8. The molecule has 0 bridgehead atoms. The van der Waals surface area contributed by atoms with E-state index in [4.69, 9.17) is 75.8 Å². The first-order valence-corrected chi connectivity index (χ1v) is 40.7. The third-order valence-corrected chi connectivity index (χ3v) is 29.1. The Balaban J connectivity index is 0.704. The Morgan fingerprint density at radius 2 is 0.889 bits per heavy atom. The summed E-state index contributed by atoms with van der Waals surface area (Å²) in [5, 5.41) is 265. The first-order valence-electron chi connectivity index (χ1n) is 40.7. The highest BCUT2D eigenvalue weighted by Gasteiger charge is 2.73. The molecule has 8 saturated heterocycles. The molecule has 47 atom stereocenters. The van der Waals surface area contributed by atoms with Gasteiger partial charge in [0.1, 0.15) is 182 Å². The van der Waals surface area contributed by atoms with Crippen LogP contribution < -0.4 is 0 Å². The number of fused-ring (bicyclic) bond motifs is 7. The van der Waals surface area contributed by atoms with Gasteiger partial charge in [-0.2, -0.15) is 0 Å². The van der Waals surface area contributed by atoms with Gasteiger partial charge in [-0.3, -0.25) is 4.79 Å². The smallest absolute Gasteiger partial charge is 0.317 e. The quantitative estimate of drug-likeness (QED) is 0.0288. The lowest BCUT2D eigenvalue weighted by molar-refractivity contribution is -0.398. The average Bonchev–Trinajstić information content (AvgIpc) is 0.669. The van der Waals surface area contributed by atoms with Gasteiger partial charge in [-0.05, 0) is 110 Å². The SMILES string of the molecule is C[C@@H]1O[C@@H](O[C@H]2[C@H](O)[C@@H](O)[C@H](OC[C@H]3O[C@@H](OC(=O)[C@]45CCC(C)(C)C[C@@H]4C4=CC[C@@H]6[C@@]7(C)CC[C@H](O[C@@H]8OC[C@H](O)[C@H](O[C@@H]9O[C@H](CO)[C@@H](O[C@@H]%10O[C@H](CO)[C@H](O)[C@H](O[C@@H]%11OC[C@@H](O)[C@H](O)[C@H]%11O)[C@H]%10O)[C@H](O)[C@H]9O)[C@H]8O[C@@H]8O[C@H](CO)[C@@H](O)[C@H](O)[C@H]8O)C(C)(C)C7CC[C@@]6(C)[C@]4(C)C[C@H]5O)[C@H](O)[C@@H](O)[C@@H]3O)O[C@@H]2CO)[C@H](O)[C@H](O)[C@H]1O. The molecule has 0 amide bonds. The van der Waals surface area contributed by atoms with E-state index in [1.165, 1.54) is 6.92 Å². The average molecular weight is 1690 g/mol. The topological polar surface area (TPSA) is 650 Å². The number of aliphatic hydroxyl groups is 24. The standard InChI is InChI=1S/C76H124O41/c1-26-40(84)45(89)51(95)64(105-26)113-58-33(21-79)108-62(54(98)48(58)92)104-25-35-43(87)47(91)53(97)67(110-35)117-70(101)76-16-15-71(2,3)17-28(76)27-9-10-37-73(6)13-12-39(72(4,5)36(73)11-14-74(37,7)75(27,8)18-38(76)83)111-69-61(116-65-52(96)46(90)42(86)31(19-77)106-65)57(30(82)24-103-69)112-66-55(99)49(93)59(34(22-80)109-66)114-68-56(100)60(44(88)32(20-78)107-68)115-63-50(94)41(85)29(81)23-102-63/h9,26,28-69,77-100H,10-25H2,1-8H3/t26-,28+,29+,30-,31+,32+,33+,34+,35+,36?,37+,38+,39-,40-,41-,42+,43+,44-,45+,46-,47-,48+,49+,50+,51+,52+,53+,54+,55+,56+,57-,58+,59+,60-,61+,62+,63-,64-,65-,66-,67-,68-,69-,73-,74+,75+,76+/m0/s1. The highest BCUT2D eigenvalue weighted by molar-refractivity contribution is 5.80. The molecule has 0 radical (unpaired) electrons. The molecule has 13 aliphatic rings. The Morgan fingerprint density at radius 3 is 1.50 bits per heavy atom. The number of carbonyl (C=O) groups is 1. The summed E-state index contributed by atoms with van der Waals surface area (Å²) < 4.78 is 95.5. The Morgan fingerprint density at radius 1 is 0.410 bits per heavy atom. The van der Waals surface area contributed by atoms with E-state index in [-0.39, 0.29) is 30.1 Å². The Kier molecular flexibility index (Phi) is 28.0. The van der Waals surface area contributed by atoms with E-state index in [2.05, 4.69) is 54.5 Å². The van der Waals surface area contributed by atoms with Crippen LogP contribution in [0.15, 0.2) is 11.6 Å². The summed E-state index contributed by atoms with van der Waals surface area (Å²) in [7, 11) is 0. The molecule has 1 unspecified atom stereocenters. The summed E-state index contributed by atoms with van der Waals surface area (Å²) in [6.07, 6.45) is -64.6. The summed E-state index contributed by atoms with van der Waals surface area (Å²) in [6, 6.07) is 0. The van der Waals surface area contributed by atoms with Gasteiger partial charge in [0, 0.05) is 0 Å². The molecule has 0 aromatic rings. The van der Waals surface area contributed by atoms with Crippen LogP contribution in [0.5, 0.6) is 0 Å². The van der Waals surface area contributed by atoms with Crippen LogP contribution in [-0.2, 0) is 80.6 Å². The maximum Gasteiger partial charge on any atom is 0.317 e. The van der Waals surface area contributed by atoms with Crippen molar-refractivity contribution in [3.8, 4) is 0 Å². The lowest BCUT2D eigenvalue weighted by atomic mass is 9.33. The molecule has 41 heteroatoms. The maximum atomic E-state index is 15.5. The maximum absolute atomic E-state index is 15.5. The minimum absolute atomic E-state index is 0.0714. The molecule has 674 valence electrons. The number of hydrogen-bond acceptors (Lipinski definition) is 41. The molecule has 8 aliphatic heterocycles. The lowest BCUT2D eigenvalue weighted by Gasteiger charge is -2.71. The molecule has 41 nitrogen and oxygen atoms in total. The summed E-state index contributed by atoms with van der Waals surface area (Å²) in [6.45, 7) is 10.8. The second kappa shape index (κ2) is 35.5. The number of allylic oxidation sites excluding steroid dienone is 2. The van der Waals surface area contributed by atoms with Gasteiger partial charge in [-0.25, -0.2) is 0 Å². The third kappa shape index (κ3) is 16.4. The van der Waals surface area contributed by atoms with Crippen molar-refractivity contribution in [3.05, 3.63) is 11.6 Å². The van der Waals surface area contributed by atoms with Crippen molar-refractivity contribution in [3.63, 3.8) is 0 Å². The van der Waals surface area contributed by atoms with E-state index in [1.807, 2.05) is 0 Å². The molecular weight excluding hydrogens is 1570 g/mol. The molecule has 13 rings (SSSR count). The van der Waals surface area contributed by atoms with Crippen LogP contribution in [0.3, 0.4) is 0 Å². The van der Waals surface area contributed by atoms with E-state index in [9.17, 15) is 123 Å². The Bertz CT molecular complexity index is 3340. The molecule has 117 heavy (non-hydrogen) atoms. The van der Waals surface area contributed by atoms with E-state index < -0.39 is 331 Å².